The number of piperidine rings is 1. The maximum Gasteiger partial charge on any atom is 0.410 e. The van der Waals surface area contributed by atoms with Gasteiger partial charge in [0.05, 0.1) is 0 Å². The van der Waals surface area contributed by atoms with Crippen molar-refractivity contribution in [3.8, 4) is 0 Å². The van der Waals surface area contributed by atoms with E-state index in [0.29, 0.717) is 29.1 Å². The Morgan fingerprint density at radius 3 is 2.33 bits per heavy atom. The number of ether oxygens (including phenoxy) is 1. The molecule has 1 aromatic carbocycles. The van der Waals surface area contributed by atoms with Crippen molar-refractivity contribution in [3.63, 3.8) is 0 Å². The molecule has 3 amide bonds. The maximum atomic E-state index is 12.9. The Morgan fingerprint density at radius 1 is 1.12 bits per heavy atom. The summed E-state index contributed by atoms with van der Waals surface area (Å²) in [6.07, 6.45) is 5.36. The molecule has 2 saturated carbocycles. The fourth-order valence-electron chi connectivity index (χ4n) is 5.56. The Hall–Kier alpha value is -1.66. The van der Waals surface area contributed by atoms with Crippen LogP contribution in [0.3, 0.4) is 0 Å². The summed E-state index contributed by atoms with van der Waals surface area (Å²) >= 11 is 12.5. The molecule has 3 aliphatic rings. The van der Waals surface area contributed by atoms with Gasteiger partial charge < -0.3 is 19.9 Å². The van der Waals surface area contributed by atoms with E-state index in [-0.39, 0.29) is 29.6 Å². The number of hydrogen-bond acceptors (Lipinski definition) is 3. The van der Waals surface area contributed by atoms with Crippen molar-refractivity contribution < 1.29 is 14.3 Å². The number of hydrogen-bond donors (Lipinski definition) is 1. The summed E-state index contributed by atoms with van der Waals surface area (Å²) in [6.45, 7) is 6.82. The molecule has 1 aliphatic heterocycles. The second-order valence-corrected chi connectivity index (χ2v) is 11.8. The minimum absolute atomic E-state index is 0.0188. The second kappa shape index (κ2) is 9.18. The lowest BCUT2D eigenvalue weighted by atomic mass is 9.81. The van der Waals surface area contributed by atoms with Crippen LogP contribution < -0.4 is 5.32 Å². The molecule has 182 valence electrons. The lowest BCUT2D eigenvalue weighted by Gasteiger charge is -2.38. The zero-order chi connectivity index (χ0) is 24.0. The number of urea groups is 1. The van der Waals surface area contributed by atoms with Gasteiger partial charge in [0.2, 0.25) is 0 Å². The van der Waals surface area contributed by atoms with Gasteiger partial charge in [0.15, 0.2) is 0 Å². The van der Waals surface area contributed by atoms with Gasteiger partial charge in [-0.1, -0.05) is 23.2 Å². The topological polar surface area (TPSA) is 61.9 Å². The van der Waals surface area contributed by atoms with Crippen LogP contribution in [0.2, 0.25) is 10.0 Å². The molecule has 2 aliphatic carbocycles. The van der Waals surface area contributed by atoms with Crippen molar-refractivity contribution in [2.75, 3.05) is 20.1 Å². The van der Waals surface area contributed by atoms with Crippen LogP contribution in [0.15, 0.2) is 18.2 Å². The van der Waals surface area contributed by atoms with Crippen LogP contribution in [-0.2, 0) is 10.2 Å². The second-order valence-electron chi connectivity index (χ2n) is 10.9. The summed E-state index contributed by atoms with van der Waals surface area (Å²) in [4.78, 5) is 28.8. The van der Waals surface area contributed by atoms with Crippen molar-refractivity contribution >= 4 is 35.3 Å². The molecule has 0 aromatic heterocycles. The van der Waals surface area contributed by atoms with Crippen molar-refractivity contribution in [1.82, 2.24) is 15.1 Å². The fraction of sp³-hybridized carbons (Fsp3) is 0.680. The standard InChI is InChI=1S/C25H35Cl2N3O3/c1-24(2,3)33-23(32)30-9-6-21(7-10-30)29(4)22(31)28-20-5-8-25(15-17(25)13-20)16-11-18(26)14-19(27)12-16/h11-12,14,17,20-21H,5-10,13,15H2,1-4H3,(H,28,31)/t17?,20-,25+/m1/s1. The Bertz CT molecular complexity index is 890. The molecular formula is C25H35Cl2N3O3. The molecule has 3 atom stereocenters. The van der Waals surface area contributed by atoms with Crippen molar-refractivity contribution in [3.05, 3.63) is 33.8 Å². The molecule has 4 rings (SSSR count). The highest BCUT2D eigenvalue weighted by Gasteiger charge is 2.57. The molecule has 33 heavy (non-hydrogen) atoms. The van der Waals surface area contributed by atoms with Crippen molar-refractivity contribution in [2.24, 2.45) is 5.92 Å². The number of benzene rings is 1. The van der Waals surface area contributed by atoms with Gasteiger partial charge in [-0.15, -0.1) is 0 Å². The number of halogens is 2. The van der Waals surface area contributed by atoms with E-state index in [9.17, 15) is 9.59 Å². The predicted molar refractivity (Wildman–Crippen MR) is 131 cm³/mol. The monoisotopic (exact) mass is 495 g/mol. The van der Waals surface area contributed by atoms with Crippen molar-refractivity contribution in [1.29, 1.82) is 0 Å². The quantitative estimate of drug-likeness (QED) is 0.572. The molecule has 8 heteroatoms. The van der Waals surface area contributed by atoms with E-state index in [0.717, 1.165) is 38.5 Å². The Balaban J connectivity index is 1.25. The molecule has 6 nitrogen and oxygen atoms in total. The van der Waals surface area contributed by atoms with E-state index in [4.69, 9.17) is 27.9 Å². The van der Waals surface area contributed by atoms with Gasteiger partial charge in [-0.05, 0) is 94.4 Å². The normalized spacial score (nSPS) is 27.5. The van der Waals surface area contributed by atoms with Gasteiger partial charge in [0.1, 0.15) is 5.60 Å². The fourth-order valence-corrected chi connectivity index (χ4v) is 6.09. The third-order valence-corrected chi connectivity index (χ3v) is 7.93. The highest BCUT2D eigenvalue weighted by atomic mass is 35.5. The van der Waals surface area contributed by atoms with Gasteiger partial charge >= 0.3 is 12.1 Å². The number of fused-ring (bicyclic) bond motifs is 1. The zero-order valence-electron chi connectivity index (χ0n) is 20.0. The van der Waals surface area contributed by atoms with Gasteiger partial charge in [0, 0.05) is 42.3 Å². The highest BCUT2D eigenvalue weighted by molar-refractivity contribution is 6.34. The Morgan fingerprint density at radius 2 is 1.76 bits per heavy atom. The van der Waals surface area contributed by atoms with Gasteiger partial charge in [-0.25, -0.2) is 9.59 Å². The van der Waals surface area contributed by atoms with Crippen LogP contribution in [0.5, 0.6) is 0 Å². The lowest BCUT2D eigenvalue weighted by molar-refractivity contribution is 0.0172. The van der Waals surface area contributed by atoms with E-state index in [1.165, 1.54) is 5.56 Å². The number of nitrogens with one attached hydrogen (secondary N) is 1. The Labute approximate surface area is 206 Å². The van der Waals surface area contributed by atoms with Crippen LogP contribution in [0, 0.1) is 5.92 Å². The zero-order valence-corrected chi connectivity index (χ0v) is 21.5. The summed E-state index contributed by atoms with van der Waals surface area (Å²) in [5, 5.41) is 4.63. The lowest BCUT2D eigenvalue weighted by Crippen LogP contribution is -2.52. The number of rotatable bonds is 3. The van der Waals surface area contributed by atoms with E-state index >= 15 is 0 Å². The first kappa shape index (κ1) is 24.5. The van der Waals surface area contributed by atoms with E-state index in [1.54, 1.807) is 11.0 Å². The number of carbonyl (C=O) groups is 2. The average Bonchev–Trinajstić information content (AvgIpc) is 3.46. The molecule has 0 bridgehead atoms. The number of amides is 3. The summed E-state index contributed by atoms with van der Waals surface area (Å²) < 4.78 is 5.47. The van der Waals surface area contributed by atoms with Crippen LogP contribution in [0.25, 0.3) is 0 Å². The predicted octanol–water partition coefficient (Wildman–Crippen LogP) is 5.84. The minimum Gasteiger partial charge on any atom is -0.444 e. The molecule has 0 radical (unpaired) electrons. The minimum atomic E-state index is -0.497. The summed E-state index contributed by atoms with van der Waals surface area (Å²) in [6, 6.07) is 6.17. The van der Waals surface area contributed by atoms with Gasteiger partial charge in [-0.3, -0.25) is 0 Å². The average molecular weight is 496 g/mol. The molecule has 0 spiro atoms. The van der Waals surface area contributed by atoms with E-state index in [2.05, 4.69) is 5.32 Å². The molecule has 3 fully saturated rings. The number of likely N-dealkylation sites (tertiary alicyclic amines) is 1. The largest absolute Gasteiger partial charge is 0.444 e. The number of nitrogens with zero attached hydrogens (tertiary/aromatic N) is 2. The summed E-state index contributed by atoms with van der Waals surface area (Å²) in [5.74, 6) is 0.563. The molecule has 1 heterocycles. The summed E-state index contributed by atoms with van der Waals surface area (Å²) in [5.41, 5.74) is 0.919. The number of carbonyl (C=O) groups excluding carboxylic acids is 2. The van der Waals surface area contributed by atoms with Gasteiger partial charge in [0.25, 0.3) is 0 Å². The van der Waals surface area contributed by atoms with Gasteiger partial charge in [-0.2, -0.15) is 0 Å². The SMILES string of the molecule is CN(C(=O)N[C@@H]1CC[C@@]2(c3cc(Cl)cc(Cl)c3)CC2C1)C1CCN(C(=O)OC(C)(C)C)CC1. The Kier molecular flexibility index (Phi) is 6.81. The molecule has 1 saturated heterocycles. The smallest absolute Gasteiger partial charge is 0.410 e. The first-order valence-electron chi connectivity index (χ1n) is 11.9. The van der Waals surface area contributed by atoms with Crippen LogP contribution >= 0.6 is 23.2 Å². The molecule has 1 N–H and O–H groups in total. The molecule has 1 aromatic rings. The first-order valence-corrected chi connectivity index (χ1v) is 12.7. The van der Waals surface area contributed by atoms with E-state index in [1.807, 2.05) is 44.9 Å². The van der Waals surface area contributed by atoms with E-state index < -0.39 is 5.60 Å². The highest BCUT2D eigenvalue weighted by Crippen LogP contribution is 2.62. The molecular weight excluding hydrogens is 461 g/mol. The van der Waals surface area contributed by atoms with Crippen molar-refractivity contribution in [2.45, 2.75) is 82.4 Å². The van der Waals surface area contributed by atoms with Crippen LogP contribution in [-0.4, -0.2) is 59.7 Å². The van der Waals surface area contributed by atoms with Crippen LogP contribution in [0.1, 0.15) is 64.9 Å². The van der Waals surface area contributed by atoms with Crippen LogP contribution in [0.4, 0.5) is 9.59 Å². The summed E-state index contributed by atoms with van der Waals surface area (Å²) in [7, 11) is 1.86. The first-order chi connectivity index (χ1) is 15.5. The third kappa shape index (κ3) is 5.54. The maximum absolute atomic E-state index is 12.9. The third-order valence-electron chi connectivity index (χ3n) is 7.49. The molecule has 1 unspecified atom stereocenters.